The van der Waals surface area contributed by atoms with Gasteiger partial charge in [-0.1, -0.05) is 36.4 Å². The number of amides is 1. The maximum absolute atomic E-state index is 13.5. The molecule has 2 bridgehead atoms. The molecule has 4 aliphatic heterocycles. The second kappa shape index (κ2) is 13.8. The maximum Gasteiger partial charge on any atom is 0.312 e. The number of ether oxygens (including phenoxy) is 4. The number of hydrogen-bond acceptors (Lipinski definition) is 9. The Bertz CT molecular complexity index is 1880. The van der Waals surface area contributed by atoms with Gasteiger partial charge in [-0.15, -0.1) is 11.6 Å². The van der Waals surface area contributed by atoms with Crippen LogP contribution in [-0.2, 0) is 28.9 Å². The standard InChI is InChI=1S/C39H43ClN4O6/c1-21-15-25-16-27-29(18-41)44-28(35(43(27)4)33(25)22(2)36(21)47-5)17-26-34(30(44)19-42-31(45)12-11-24-9-7-6-8-10-24)39-38(48-20-49-39)23(3)37(26)50-32(46)13-14-40/h6-10,15,27-30,35H,11-14,16-17,19-20H2,1-5H3,(H,42,45)/t27-,28?,29+,30+,35-/m1/s1. The van der Waals surface area contributed by atoms with Crippen LogP contribution >= 0.6 is 11.6 Å². The first kappa shape index (κ1) is 34.2. The number of rotatable bonds is 9. The number of aryl methyl sites for hydroxylation is 2. The third kappa shape index (κ3) is 5.66. The molecule has 0 aliphatic carbocycles. The van der Waals surface area contributed by atoms with Gasteiger partial charge < -0.3 is 24.3 Å². The molecule has 50 heavy (non-hydrogen) atoms. The van der Waals surface area contributed by atoms with Crippen LogP contribution in [0.25, 0.3) is 0 Å². The van der Waals surface area contributed by atoms with E-state index in [1.807, 2.05) is 37.3 Å². The summed E-state index contributed by atoms with van der Waals surface area (Å²) in [6.45, 7) is 6.30. The van der Waals surface area contributed by atoms with E-state index in [0.717, 1.165) is 33.6 Å². The monoisotopic (exact) mass is 698 g/mol. The minimum Gasteiger partial charge on any atom is -0.496 e. The average Bonchev–Trinajstić information content (AvgIpc) is 3.59. The zero-order chi connectivity index (χ0) is 35.3. The van der Waals surface area contributed by atoms with Crippen LogP contribution < -0.4 is 24.3 Å². The van der Waals surface area contributed by atoms with Crippen molar-refractivity contribution in [2.24, 2.45) is 0 Å². The predicted molar refractivity (Wildman–Crippen MR) is 188 cm³/mol. The fourth-order valence-corrected chi connectivity index (χ4v) is 9.10. The molecule has 262 valence electrons. The SMILES string of the molecule is COc1c(C)cc2c(c1C)[C@H]1C3Cc4c(OC(=O)CCCl)c(C)c5c(c4[C@H](CNC(=O)CCc4ccccc4)N3[C@@H](C#N)[C@@H](C2)N1C)OCO5. The highest BCUT2D eigenvalue weighted by Crippen LogP contribution is 2.57. The Balaban J connectivity index is 1.37. The Labute approximate surface area is 298 Å². The van der Waals surface area contributed by atoms with Crippen LogP contribution in [0.4, 0.5) is 0 Å². The highest BCUT2D eigenvalue weighted by Gasteiger charge is 2.56. The summed E-state index contributed by atoms with van der Waals surface area (Å²) >= 11 is 5.96. The third-order valence-electron chi connectivity index (χ3n) is 11.0. The molecule has 0 radical (unpaired) electrons. The summed E-state index contributed by atoms with van der Waals surface area (Å²) in [6, 6.07) is 13.4. The number of nitrogens with zero attached hydrogens (tertiary/aromatic N) is 3. The summed E-state index contributed by atoms with van der Waals surface area (Å²) in [5, 5.41) is 14.2. The van der Waals surface area contributed by atoms with Gasteiger partial charge in [-0.05, 0) is 74.9 Å². The number of carbonyl (C=O) groups excluding carboxylic acids is 2. The number of esters is 1. The molecule has 1 saturated heterocycles. The first-order valence-electron chi connectivity index (χ1n) is 17.3. The van der Waals surface area contributed by atoms with E-state index in [4.69, 9.17) is 30.5 Å². The molecule has 1 fully saturated rings. The molecule has 5 atom stereocenters. The quantitative estimate of drug-likeness (QED) is 0.178. The van der Waals surface area contributed by atoms with E-state index < -0.39 is 18.1 Å². The van der Waals surface area contributed by atoms with Crippen molar-refractivity contribution in [3.8, 4) is 29.1 Å². The number of benzene rings is 3. The van der Waals surface area contributed by atoms with Crippen molar-refractivity contribution in [1.82, 2.24) is 15.1 Å². The van der Waals surface area contributed by atoms with E-state index in [9.17, 15) is 14.9 Å². The summed E-state index contributed by atoms with van der Waals surface area (Å²) in [7, 11) is 3.81. The number of likely N-dealkylation sites (N-methyl/N-ethyl adjacent to an activating group) is 1. The van der Waals surface area contributed by atoms with Crippen LogP contribution in [0.5, 0.6) is 23.0 Å². The number of fused-ring (bicyclic) bond motifs is 9. The molecule has 4 aliphatic rings. The highest BCUT2D eigenvalue weighted by atomic mass is 35.5. The summed E-state index contributed by atoms with van der Waals surface area (Å²) in [5.41, 5.74) is 7.95. The molecule has 1 unspecified atom stereocenters. The van der Waals surface area contributed by atoms with Crippen molar-refractivity contribution < 1.29 is 28.5 Å². The van der Waals surface area contributed by atoms with Crippen LogP contribution in [-0.4, -0.2) is 73.2 Å². The van der Waals surface area contributed by atoms with Gasteiger partial charge in [-0.2, -0.15) is 5.26 Å². The molecular weight excluding hydrogens is 656 g/mol. The van der Waals surface area contributed by atoms with E-state index in [0.29, 0.717) is 48.5 Å². The molecule has 0 aromatic heterocycles. The topological polar surface area (TPSA) is 113 Å². The second-order valence-electron chi connectivity index (χ2n) is 13.7. The Kier molecular flexibility index (Phi) is 9.42. The number of nitrogens with one attached hydrogen (secondary N) is 1. The predicted octanol–water partition coefficient (Wildman–Crippen LogP) is 5.40. The van der Waals surface area contributed by atoms with Crippen molar-refractivity contribution >= 4 is 23.5 Å². The van der Waals surface area contributed by atoms with Gasteiger partial charge >= 0.3 is 5.97 Å². The van der Waals surface area contributed by atoms with E-state index in [1.165, 1.54) is 11.1 Å². The van der Waals surface area contributed by atoms with Crippen LogP contribution in [0, 0.1) is 32.1 Å². The van der Waals surface area contributed by atoms with Crippen molar-refractivity contribution in [3.63, 3.8) is 0 Å². The van der Waals surface area contributed by atoms with Crippen molar-refractivity contribution in [1.29, 1.82) is 5.26 Å². The molecule has 0 spiro atoms. The number of alkyl halides is 1. The van der Waals surface area contributed by atoms with E-state index in [1.54, 1.807) is 7.11 Å². The Morgan fingerprint density at radius 3 is 2.50 bits per heavy atom. The van der Waals surface area contributed by atoms with Crippen molar-refractivity contribution in [3.05, 3.63) is 80.9 Å². The average molecular weight is 699 g/mol. The lowest BCUT2D eigenvalue weighted by molar-refractivity contribution is -0.134. The second-order valence-corrected chi connectivity index (χ2v) is 14.1. The van der Waals surface area contributed by atoms with Gasteiger partial charge in [0, 0.05) is 47.6 Å². The molecule has 4 heterocycles. The van der Waals surface area contributed by atoms with Crippen molar-refractivity contribution in [2.75, 3.05) is 33.4 Å². The van der Waals surface area contributed by atoms with Gasteiger partial charge in [0.15, 0.2) is 11.5 Å². The highest BCUT2D eigenvalue weighted by molar-refractivity contribution is 6.18. The number of carbonyl (C=O) groups is 2. The first-order valence-corrected chi connectivity index (χ1v) is 17.8. The number of methoxy groups -OCH3 is 1. The normalized spacial score (nSPS) is 23.3. The maximum atomic E-state index is 13.5. The number of hydrogen-bond donors (Lipinski definition) is 1. The Morgan fingerprint density at radius 2 is 1.78 bits per heavy atom. The molecule has 3 aromatic rings. The molecule has 0 saturated carbocycles. The van der Waals surface area contributed by atoms with Gasteiger partial charge in [0.2, 0.25) is 12.7 Å². The van der Waals surface area contributed by atoms with Crippen LogP contribution in [0.1, 0.15) is 69.4 Å². The minimum atomic E-state index is -0.502. The largest absolute Gasteiger partial charge is 0.496 e. The van der Waals surface area contributed by atoms with E-state index in [2.05, 4.69) is 48.1 Å². The summed E-state index contributed by atoms with van der Waals surface area (Å²) in [5.74, 6) is 1.99. The van der Waals surface area contributed by atoms with Gasteiger partial charge in [0.1, 0.15) is 17.5 Å². The molecule has 7 rings (SSSR count). The lowest BCUT2D eigenvalue weighted by atomic mass is 9.71. The number of piperazine rings is 1. The molecular formula is C39H43ClN4O6. The Hall–Kier alpha value is -4.30. The van der Waals surface area contributed by atoms with E-state index in [-0.39, 0.29) is 49.7 Å². The van der Waals surface area contributed by atoms with Gasteiger partial charge in [0.05, 0.1) is 31.7 Å². The van der Waals surface area contributed by atoms with Gasteiger partial charge in [-0.3, -0.25) is 19.4 Å². The van der Waals surface area contributed by atoms with Crippen LogP contribution in [0.15, 0.2) is 36.4 Å². The summed E-state index contributed by atoms with van der Waals surface area (Å²) in [4.78, 5) is 31.1. The molecule has 1 N–H and O–H groups in total. The molecule has 11 heteroatoms. The molecule has 1 amide bonds. The lowest BCUT2D eigenvalue weighted by Crippen LogP contribution is -2.69. The van der Waals surface area contributed by atoms with E-state index >= 15 is 0 Å². The summed E-state index contributed by atoms with van der Waals surface area (Å²) in [6.07, 6.45) is 2.16. The van der Waals surface area contributed by atoms with Gasteiger partial charge in [-0.25, -0.2) is 0 Å². The lowest BCUT2D eigenvalue weighted by Gasteiger charge is -2.60. The van der Waals surface area contributed by atoms with Crippen LogP contribution in [0.2, 0.25) is 0 Å². The number of nitriles is 1. The fraction of sp³-hybridized carbons (Fsp3) is 0.462. The first-order chi connectivity index (χ1) is 24.2. The fourth-order valence-electron chi connectivity index (χ4n) is 8.95. The summed E-state index contributed by atoms with van der Waals surface area (Å²) < 4.78 is 24.2. The zero-order valence-corrected chi connectivity index (χ0v) is 29.9. The molecule has 3 aromatic carbocycles. The minimum absolute atomic E-state index is 0.0165. The Morgan fingerprint density at radius 1 is 1.02 bits per heavy atom. The van der Waals surface area contributed by atoms with Crippen molar-refractivity contribution in [2.45, 2.75) is 83.1 Å². The zero-order valence-electron chi connectivity index (χ0n) is 29.2. The molecule has 10 nitrogen and oxygen atoms in total. The smallest absolute Gasteiger partial charge is 0.312 e. The van der Waals surface area contributed by atoms with Crippen LogP contribution in [0.3, 0.4) is 0 Å². The number of halogens is 1. The third-order valence-corrected chi connectivity index (χ3v) is 11.2. The van der Waals surface area contributed by atoms with Gasteiger partial charge in [0.25, 0.3) is 0 Å².